The molecule has 0 saturated carbocycles. The molecule has 0 atom stereocenters. The summed E-state index contributed by atoms with van der Waals surface area (Å²) in [6, 6.07) is 22.3. The number of pyridine rings is 1. The van der Waals surface area contributed by atoms with Gasteiger partial charge < -0.3 is 4.74 Å². The quantitative estimate of drug-likeness (QED) is 0.421. The second-order valence-electron chi connectivity index (χ2n) is 7.89. The number of rotatable bonds is 6. The molecule has 4 rings (SSSR count). The minimum Gasteiger partial charge on any atom is -0.487 e. The van der Waals surface area contributed by atoms with E-state index >= 15 is 0 Å². The summed E-state index contributed by atoms with van der Waals surface area (Å²) >= 11 is 0. The largest absolute Gasteiger partial charge is 0.487 e. The van der Waals surface area contributed by atoms with E-state index in [1.54, 1.807) is 6.07 Å². The predicted octanol–water partition coefficient (Wildman–Crippen LogP) is 5.62. The number of aromatic nitrogens is 3. The maximum absolute atomic E-state index is 13.2. The van der Waals surface area contributed by atoms with Gasteiger partial charge in [-0.25, -0.2) is 14.1 Å². The van der Waals surface area contributed by atoms with Gasteiger partial charge in [0.1, 0.15) is 12.4 Å². The van der Waals surface area contributed by atoms with Crippen molar-refractivity contribution in [2.24, 2.45) is 0 Å². The molecule has 0 saturated heterocycles. The minimum atomic E-state index is -0.396. The molecule has 5 heteroatoms. The Balaban J connectivity index is 1.45. The van der Waals surface area contributed by atoms with E-state index in [9.17, 15) is 4.39 Å². The molecule has 0 aliphatic rings. The van der Waals surface area contributed by atoms with Crippen LogP contribution in [0.25, 0.3) is 5.82 Å². The predicted molar refractivity (Wildman–Crippen MR) is 115 cm³/mol. The van der Waals surface area contributed by atoms with E-state index in [4.69, 9.17) is 4.74 Å². The molecule has 0 aliphatic heterocycles. The Kier molecular flexibility index (Phi) is 5.36. The lowest BCUT2D eigenvalue weighted by Gasteiger charge is -2.26. The van der Waals surface area contributed by atoms with Crippen LogP contribution in [0.1, 0.15) is 36.2 Å². The fourth-order valence-corrected chi connectivity index (χ4v) is 3.36. The van der Waals surface area contributed by atoms with Crippen LogP contribution in [0.2, 0.25) is 0 Å². The van der Waals surface area contributed by atoms with E-state index in [-0.39, 0.29) is 5.41 Å². The third-order valence-corrected chi connectivity index (χ3v) is 5.31. The minimum absolute atomic E-state index is 0.0961. The number of hydrogen-bond acceptors (Lipinski definition) is 3. The van der Waals surface area contributed by atoms with Crippen molar-refractivity contribution in [1.82, 2.24) is 14.8 Å². The Labute approximate surface area is 176 Å². The lowest BCUT2D eigenvalue weighted by Crippen LogP contribution is -2.18. The van der Waals surface area contributed by atoms with Gasteiger partial charge in [0.25, 0.3) is 0 Å². The third-order valence-electron chi connectivity index (χ3n) is 5.31. The molecular formula is C25H24FN3O. The Morgan fingerprint density at radius 1 is 0.933 bits per heavy atom. The zero-order chi connectivity index (χ0) is 21.1. The topological polar surface area (TPSA) is 39.9 Å². The van der Waals surface area contributed by atoms with E-state index in [0.29, 0.717) is 12.4 Å². The molecule has 30 heavy (non-hydrogen) atoms. The summed E-state index contributed by atoms with van der Waals surface area (Å²) in [5.74, 6) is 0.929. The third kappa shape index (κ3) is 4.25. The highest BCUT2D eigenvalue weighted by molar-refractivity contribution is 5.40. The van der Waals surface area contributed by atoms with Crippen molar-refractivity contribution in [1.29, 1.82) is 0 Å². The average Bonchev–Trinajstić information content (AvgIpc) is 3.19. The van der Waals surface area contributed by atoms with E-state index < -0.39 is 5.82 Å². The van der Waals surface area contributed by atoms with Crippen LogP contribution in [-0.4, -0.2) is 14.8 Å². The van der Waals surface area contributed by atoms with Gasteiger partial charge in [0, 0.05) is 5.41 Å². The van der Waals surface area contributed by atoms with Gasteiger partial charge in [-0.3, -0.25) is 0 Å². The average molecular weight is 401 g/mol. The standard InChI is InChI=1S/C25H24FN3O/c1-18-7-9-19(10-8-18)25(2,3)20-11-13-23(14-12-20)30-17-22-5-4-6-24(28-22)29-16-21(26)15-27-29/h4-16H,17H2,1-3H3. The lowest BCUT2D eigenvalue weighted by molar-refractivity contribution is 0.301. The molecule has 2 aromatic carbocycles. The van der Waals surface area contributed by atoms with Crippen LogP contribution in [0.5, 0.6) is 5.75 Å². The van der Waals surface area contributed by atoms with Crippen molar-refractivity contribution in [3.8, 4) is 11.6 Å². The smallest absolute Gasteiger partial charge is 0.161 e. The van der Waals surface area contributed by atoms with Crippen LogP contribution in [0.15, 0.2) is 79.1 Å². The number of hydrogen-bond donors (Lipinski definition) is 0. The number of aryl methyl sites for hydroxylation is 1. The number of ether oxygens (including phenoxy) is 1. The van der Waals surface area contributed by atoms with Gasteiger partial charge in [-0.2, -0.15) is 5.10 Å². The van der Waals surface area contributed by atoms with Crippen molar-refractivity contribution in [3.05, 3.63) is 107 Å². The Bertz CT molecular complexity index is 1130. The summed E-state index contributed by atoms with van der Waals surface area (Å²) in [5, 5.41) is 3.95. The molecule has 0 N–H and O–H groups in total. The van der Waals surface area contributed by atoms with Gasteiger partial charge in [0.15, 0.2) is 11.6 Å². The van der Waals surface area contributed by atoms with Crippen LogP contribution in [-0.2, 0) is 12.0 Å². The first-order valence-electron chi connectivity index (χ1n) is 9.89. The zero-order valence-electron chi connectivity index (χ0n) is 17.3. The summed E-state index contributed by atoms with van der Waals surface area (Å²) < 4.78 is 20.5. The Morgan fingerprint density at radius 3 is 2.23 bits per heavy atom. The molecule has 0 fully saturated rings. The molecule has 0 aliphatic carbocycles. The highest BCUT2D eigenvalue weighted by Gasteiger charge is 2.22. The van der Waals surface area contributed by atoms with Crippen molar-refractivity contribution < 1.29 is 9.13 Å². The van der Waals surface area contributed by atoms with E-state index in [0.717, 1.165) is 17.6 Å². The highest BCUT2D eigenvalue weighted by atomic mass is 19.1. The fraction of sp³-hybridized carbons (Fsp3) is 0.200. The van der Waals surface area contributed by atoms with Gasteiger partial charge >= 0.3 is 0 Å². The molecule has 2 heterocycles. The van der Waals surface area contributed by atoms with Crippen LogP contribution in [0.4, 0.5) is 4.39 Å². The molecule has 0 bridgehead atoms. The first kappa shape index (κ1) is 19.8. The second-order valence-corrected chi connectivity index (χ2v) is 7.89. The molecular weight excluding hydrogens is 377 g/mol. The Morgan fingerprint density at radius 2 is 1.60 bits per heavy atom. The first-order chi connectivity index (χ1) is 14.4. The maximum Gasteiger partial charge on any atom is 0.161 e. The number of benzene rings is 2. The van der Waals surface area contributed by atoms with E-state index in [2.05, 4.69) is 67.3 Å². The van der Waals surface area contributed by atoms with Crippen LogP contribution in [0, 0.1) is 12.7 Å². The summed E-state index contributed by atoms with van der Waals surface area (Å²) in [7, 11) is 0. The van der Waals surface area contributed by atoms with Crippen molar-refractivity contribution in [3.63, 3.8) is 0 Å². The molecule has 0 amide bonds. The van der Waals surface area contributed by atoms with Gasteiger partial charge in [-0.05, 0) is 42.3 Å². The molecule has 152 valence electrons. The van der Waals surface area contributed by atoms with Gasteiger partial charge in [-0.1, -0.05) is 61.9 Å². The molecule has 2 aromatic heterocycles. The normalized spacial score (nSPS) is 11.5. The van der Waals surface area contributed by atoms with Crippen LogP contribution < -0.4 is 4.74 Å². The van der Waals surface area contributed by atoms with Crippen molar-refractivity contribution in [2.45, 2.75) is 32.8 Å². The summed E-state index contributed by atoms with van der Waals surface area (Å²) in [4.78, 5) is 4.48. The van der Waals surface area contributed by atoms with Gasteiger partial charge in [0.2, 0.25) is 0 Å². The highest BCUT2D eigenvalue weighted by Crippen LogP contribution is 2.32. The number of nitrogens with zero attached hydrogens (tertiary/aromatic N) is 3. The maximum atomic E-state index is 13.2. The zero-order valence-corrected chi connectivity index (χ0v) is 17.3. The SMILES string of the molecule is Cc1ccc(C(C)(C)c2ccc(OCc3cccc(-n4cc(F)cn4)n3)cc2)cc1. The lowest BCUT2D eigenvalue weighted by atomic mass is 9.78. The molecule has 4 nitrogen and oxygen atoms in total. The first-order valence-corrected chi connectivity index (χ1v) is 9.89. The Hall–Kier alpha value is -3.47. The van der Waals surface area contributed by atoms with Crippen molar-refractivity contribution in [2.75, 3.05) is 0 Å². The molecule has 4 aromatic rings. The fourth-order valence-electron chi connectivity index (χ4n) is 3.36. The number of halogens is 1. The summed E-state index contributed by atoms with van der Waals surface area (Å²) in [6.07, 6.45) is 2.45. The summed E-state index contributed by atoms with van der Waals surface area (Å²) in [5.41, 5.74) is 4.40. The van der Waals surface area contributed by atoms with Gasteiger partial charge in [0.05, 0.1) is 18.1 Å². The van der Waals surface area contributed by atoms with E-state index in [1.807, 2.05) is 24.3 Å². The van der Waals surface area contributed by atoms with Crippen LogP contribution in [0.3, 0.4) is 0 Å². The second kappa shape index (κ2) is 8.11. The molecule has 0 radical (unpaired) electrons. The molecule has 0 spiro atoms. The van der Waals surface area contributed by atoms with Crippen molar-refractivity contribution >= 4 is 0 Å². The molecule has 0 unspecified atom stereocenters. The summed E-state index contributed by atoms with van der Waals surface area (Å²) in [6.45, 7) is 6.86. The van der Waals surface area contributed by atoms with Crippen LogP contribution >= 0.6 is 0 Å². The monoisotopic (exact) mass is 401 g/mol. The van der Waals surface area contributed by atoms with Gasteiger partial charge in [-0.15, -0.1) is 0 Å². The van der Waals surface area contributed by atoms with E-state index in [1.165, 1.54) is 27.6 Å².